The molecule has 0 amide bonds. The standard InChI is InChI=1S/C18H18FN3O/c1-12(23)17-11-14(19)5-6-16(17)18-13(4-3-8-20-18)10-15-7-9-22(2)21-15/h3-9,11-12,23H,10H2,1-2H3. The molecule has 5 heteroatoms. The third-order valence-corrected chi connectivity index (χ3v) is 3.75. The van der Waals surface area contributed by atoms with Gasteiger partial charge in [-0.15, -0.1) is 0 Å². The fourth-order valence-electron chi connectivity index (χ4n) is 2.67. The Morgan fingerprint density at radius 1 is 1.26 bits per heavy atom. The van der Waals surface area contributed by atoms with Crippen LogP contribution in [0.25, 0.3) is 11.3 Å². The molecule has 0 saturated carbocycles. The maximum absolute atomic E-state index is 13.5. The molecule has 0 saturated heterocycles. The van der Waals surface area contributed by atoms with Crippen molar-refractivity contribution in [2.24, 2.45) is 7.05 Å². The van der Waals surface area contributed by atoms with E-state index in [-0.39, 0.29) is 5.82 Å². The van der Waals surface area contributed by atoms with Gasteiger partial charge in [0.2, 0.25) is 0 Å². The van der Waals surface area contributed by atoms with Gasteiger partial charge in [0.25, 0.3) is 0 Å². The lowest BCUT2D eigenvalue weighted by Gasteiger charge is -2.14. The number of aromatic nitrogens is 3. The number of hydrogen-bond donors (Lipinski definition) is 1. The van der Waals surface area contributed by atoms with Crippen molar-refractivity contribution in [2.75, 3.05) is 0 Å². The van der Waals surface area contributed by atoms with Gasteiger partial charge in [0.05, 0.1) is 17.5 Å². The summed E-state index contributed by atoms with van der Waals surface area (Å²) in [7, 11) is 1.87. The second-order valence-electron chi connectivity index (χ2n) is 5.58. The second-order valence-corrected chi connectivity index (χ2v) is 5.58. The summed E-state index contributed by atoms with van der Waals surface area (Å²) in [6.45, 7) is 1.62. The molecule has 1 unspecified atom stereocenters. The molecule has 2 heterocycles. The fraction of sp³-hybridized carbons (Fsp3) is 0.222. The van der Waals surface area contributed by atoms with E-state index in [1.165, 1.54) is 12.1 Å². The number of pyridine rings is 1. The van der Waals surface area contributed by atoms with Gasteiger partial charge in [-0.2, -0.15) is 5.10 Å². The minimum absolute atomic E-state index is 0.369. The largest absolute Gasteiger partial charge is 0.389 e. The van der Waals surface area contributed by atoms with Crippen LogP contribution in [0.5, 0.6) is 0 Å². The number of aliphatic hydroxyl groups excluding tert-OH is 1. The average molecular weight is 311 g/mol. The summed E-state index contributed by atoms with van der Waals surface area (Å²) < 4.78 is 15.3. The lowest BCUT2D eigenvalue weighted by molar-refractivity contribution is 0.199. The molecule has 3 aromatic rings. The Morgan fingerprint density at radius 2 is 2.09 bits per heavy atom. The molecule has 23 heavy (non-hydrogen) atoms. The minimum Gasteiger partial charge on any atom is -0.389 e. The summed E-state index contributed by atoms with van der Waals surface area (Å²) in [5, 5.41) is 14.4. The third-order valence-electron chi connectivity index (χ3n) is 3.75. The van der Waals surface area contributed by atoms with Crippen molar-refractivity contribution in [2.45, 2.75) is 19.4 Å². The average Bonchev–Trinajstić information content (AvgIpc) is 2.93. The third kappa shape index (κ3) is 3.29. The molecule has 1 N–H and O–H groups in total. The number of benzene rings is 1. The molecule has 0 spiro atoms. The van der Waals surface area contributed by atoms with E-state index in [2.05, 4.69) is 10.1 Å². The monoisotopic (exact) mass is 311 g/mol. The van der Waals surface area contributed by atoms with E-state index in [1.807, 2.05) is 31.4 Å². The molecule has 1 atom stereocenters. The molecular weight excluding hydrogens is 293 g/mol. The zero-order chi connectivity index (χ0) is 16.4. The van der Waals surface area contributed by atoms with Gasteiger partial charge in [0.15, 0.2) is 0 Å². The summed E-state index contributed by atoms with van der Waals surface area (Å²) in [6.07, 6.45) is 3.45. The van der Waals surface area contributed by atoms with Crippen molar-refractivity contribution in [3.05, 3.63) is 71.4 Å². The van der Waals surface area contributed by atoms with E-state index >= 15 is 0 Å². The van der Waals surface area contributed by atoms with Gasteiger partial charge in [-0.05, 0) is 48.4 Å². The van der Waals surface area contributed by atoms with Gasteiger partial charge in [-0.3, -0.25) is 9.67 Å². The highest BCUT2D eigenvalue weighted by Crippen LogP contribution is 2.30. The van der Waals surface area contributed by atoms with Crippen LogP contribution >= 0.6 is 0 Å². The Bertz CT molecular complexity index is 827. The van der Waals surface area contributed by atoms with Gasteiger partial charge in [0, 0.05) is 31.4 Å². The first-order chi connectivity index (χ1) is 11.0. The Balaban J connectivity index is 2.07. The lowest BCUT2D eigenvalue weighted by Crippen LogP contribution is -2.01. The zero-order valence-corrected chi connectivity index (χ0v) is 13.1. The molecule has 3 rings (SSSR count). The summed E-state index contributed by atoms with van der Waals surface area (Å²) in [6, 6.07) is 10.2. The summed E-state index contributed by atoms with van der Waals surface area (Å²) >= 11 is 0. The highest BCUT2D eigenvalue weighted by atomic mass is 19.1. The van der Waals surface area contributed by atoms with Gasteiger partial charge in [-0.25, -0.2) is 4.39 Å². The Kier molecular flexibility index (Phi) is 4.21. The molecule has 0 aliphatic heterocycles. The molecule has 1 aromatic carbocycles. The SMILES string of the molecule is CC(O)c1cc(F)ccc1-c1ncccc1Cc1ccn(C)n1. The van der Waals surface area contributed by atoms with Crippen LogP contribution in [0.1, 0.15) is 29.8 Å². The van der Waals surface area contributed by atoms with Crippen molar-refractivity contribution < 1.29 is 9.50 Å². The number of aliphatic hydroxyl groups is 1. The number of halogens is 1. The predicted molar refractivity (Wildman–Crippen MR) is 86.3 cm³/mol. The maximum Gasteiger partial charge on any atom is 0.123 e. The molecule has 4 nitrogen and oxygen atoms in total. The van der Waals surface area contributed by atoms with Crippen molar-refractivity contribution in [3.63, 3.8) is 0 Å². The second kappa shape index (κ2) is 6.30. The highest BCUT2D eigenvalue weighted by molar-refractivity contribution is 5.67. The summed E-state index contributed by atoms with van der Waals surface area (Å²) in [4.78, 5) is 4.46. The molecule has 0 fully saturated rings. The Morgan fingerprint density at radius 3 is 2.78 bits per heavy atom. The van der Waals surface area contributed by atoms with Crippen LogP contribution in [0.3, 0.4) is 0 Å². The van der Waals surface area contributed by atoms with Crippen LogP contribution in [0.2, 0.25) is 0 Å². The van der Waals surface area contributed by atoms with E-state index in [4.69, 9.17) is 0 Å². The van der Waals surface area contributed by atoms with Crippen molar-refractivity contribution >= 4 is 0 Å². The van der Waals surface area contributed by atoms with Crippen LogP contribution in [0, 0.1) is 5.82 Å². The fourth-order valence-corrected chi connectivity index (χ4v) is 2.67. The van der Waals surface area contributed by atoms with Gasteiger partial charge in [-0.1, -0.05) is 6.07 Å². The predicted octanol–water partition coefficient (Wildman–Crippen LogP) is 3.27. The van der Waals surface area contributed by atoms with Crippen LogP contribution in [0.4, 0.5) is 4.39 Å². The van der Waals surface area contributed by atoms with Gasteiger partial charge >= 0.3 is 0 Å². The van der Waals surface area contributed by atoms with Crippen LogP contribution in [-0.2, 0) is 13.5 Å². The molecule has 118 valence electrons. The van der Waals surface area contributed by atoms with Crippen LogP contribution < -0.4 is 0 Å². The molecule has 0 aliphatic rings. The minimum atomic E-state index is -0.773. The Labute approximate surface area is 134 Å². The van der Waals surface area contributed by atoms with Crippen molar-refractivity contribution in [3.8, 4) is 11.3 Å². The topological polar surface area (TPSA) is 50.9 Å². The quantitative estimate of drug-likeness (QED) is 0.804. The number of rotatable bonds is 4. The highest BCUT2D eigenvalue weighted by Gasteiger charge is 2.15. The number of hydrogen-bond acceptors (Lipinski definition) is 3. The number of nitrogens with zero attached hydrogens (tertiary/aromatic N) is 3. The first kappa shape index (κ1) is 15.4. The van der Waals surface area contributed by atoms with Crippen molar-refractivity contribution in [1.29, 1.82) is 0 Å². The van der Waals surface area contributed by atoms with Crippen LogP contribution in [-0.4, -0.2) is 19.9 Å². The maximum atomic E-state index is 13.5. The molecule has 0 radical (unpaired) electrons. The van der Waals surface area contributed by atoms with Crippen molar-refractivity contribution in [1.82, 2.24) is 14.8 Å². The zero-order valence-electron chi connectivity index (χ0n) is 13.1. The van der Waals surface area contributed by atoms with Crippen LogP contribution in [0.15, 0.2) is 48.8 Å². The summed E-state index contributed by atoms with van der Waals surface area (Å²) in [5.74, 6) is -0.369. The van der Waals surface area contributed by atoms with E-state index in [9.17, 15) is 9.50 Å². The Hall–Kier alpha value is -2.53. The smallest absolute Gasteiger partial charge is 0.123 e. The first-order valence-electron chi connectivity index (χ1n) is 7.45. The van der Waals surface area contributed by atoms with E-state index in [0.29, 0.717) is 12.0 Å². The molecule has 0 aliphatic carbocycles. The van der Waals surface area contributed by atoms with Gasteiger partial charge in [0.1, 0.15) is 5.82 Å². The van der Waals surface area contributed by atoms with E-state index < -0.39 is 6.10 Å². The van der Waals surface area contributed by atoms with E-state index in [0.717, 1.165) is 22.5 Å². The number of aryl methyl sites for hydroxylation is 1. The lowest BCUT2D eigenvalue weighted by atomic mass is 9.95. The normalized spacial score (nSPS) is 12.3. The molecular formula is C18H18FN3O. The van der Waals surface area contributed by atoms with Gasteiger partial charge < -0.3 is 5.11 Å². The molecule has 0 bridgehead atoms. The van der Waals surface area contributed by atoms with E-state index in [1.54, 1.807) is 23.9 Å². The first-order valence-corrected chi connectivity index (χ1v) is 7.45. The summed E-state index contributed by atoms with van der Waals surface area (Å²) in [5.41, 5.74) is 3.94. The molecule has 2 aromatic heterocycles.